The zero-order valence-corrected chi connectivity index (χ0v) is 47.3. The molecule has 0 amide bonds. The fourth-order valence-electron chi connectivity index (χ4n) is 10.8. The standard InChI is InChI=1S/C67H70N8O2/c1-64(2,3)40-26-22-38(23-27-40)60(68)71-62(70-13)47-20-16-18-45-46-19-17-21-48(63(73(14)15)72-61(69)39-24-28-41(29-25-39)65(4,5)6)56(46)74(55(45)47)44-36-51-57-52(37-44)59(77)50-35-43(67(10,11)12)31-33-54(50)75(57)53-32-30-42(66(7,8)9)34-49(53)58(51)76/h16-37,69H,1-15H3,(H2,68,70,71). The van der Waals surface area contributed by atoms with Crippen LogP contribution >= 0.6 is 0 Å². The highest BCUT2D eigenvalue weighted by atomic mass is 16.1. The van der Waals surface area contributed by atoms with Gasteiger partial charge in [0.15, 0.2) is 22.5 Å². The summed E-state index contributed by atoms with van der Waals surface area (Å²) in [5.41, 5.74) is 10.3. The van der Waals surface area contributed by atoms with Gasteiger partial charge in [0.05, 0.1) is 27.6 Å². The van der Waals surface area contributed by atoms with E-state index in [4.69, 9.17) is 9.98 Å². The molecular formula is C67H70N8O2. The first kappa shape index (κ1) is 52.2. The molecule has 10 nitrogen and oxygen atoms in total. The summed E-state index contributed by atoms with van der Waals surface area (Å²) < 4.78 is 4.25. The summed E-state index contributed by atoms with van der Waals surface area (Å²) in [5.74, 6) is 1.18. The van der Waals surface area contributed by atoms with Crippen molar-refractivity contribution >= 4 is 83.2 Å². The molecule has 390 valence electrons. The third-order valence-electron chi connectivity index (χ3n) is 15.2. The SMILES string of the molecule is CNC(=NC(=N)c1ccc(C(C)(C)C)cc1)c1cccc2c3cccc(C(=NC(=N)c4ccc(C(C)(C)C)cc4)N(C)C)c3n(-c3cc4c(=O)c5cc(C(C)(C)C)ccc5n5c6ccc(C(C)(C)C)cc6c(=O)c(c3)c45)c12. The van der Waals surface area contributed by atoms with Gasteiger partial charge < -0.3 is 19.2 Å². The Hall–Kier alpha value is -8.24. The average Bonchev–Trinajstić information content (AvgIpc) is 3.89. The van der Waals surface area contributed by atoms with Gasteiger partial charge in [-0.15, -0.1) is 0 Å². The van der Waals surface area contributed by atoms with Crippen molar-refractivity contribution in [2.24, 2.45) is 9.98 Å². The lowest BCUT2D eigenvalue weighted by molar-refractivity contribution is 0.590. The third kappa shape index (κ3) is 9.07. The number of aliphatic imine (C=N–C) groups is 2. The molecule has 0 aliphatic rings. The lowest BCUT2D eigenvalue weighted by atomic mass is 9.85. The van der Waals surface area contributed by atoms with Gasteiger partial charge in [-0.1, -0.05) is 168 Å². The maximum absolute atomic E-state index is 15.6. The number of amidine groups is 4. The number of pyridine rings is 2. The van der Waals surface area contributed by atoms with Crippen LogP contribution in [0.15, 0.2) is 153 Å². The number of rotatable bonds is 5. The molecule has 0 atom stereocenters. The summed E-state index contributed by atoms with van der Waals surface area (Å²) in [5, 5.41) is 25.9. The molecule has 7 aromatic carbocycles. The Morgan fingerprint density at radius 3 is 1.29 bits per heavy atom. The first-order valence-corrected chi connectivity index (χ1v) is 26.5. The maximum Gasteiger partial charge on any atom is 0.197 e. The molecule has 0 saturated carbocycles. The monoisotopic (exact) mass is 1020 g/mol. The number of benzene rings is 7. The van der Waals surface area contributed by atoms with Crippen molar-refractivity contribution in [3.63, 3.8) is 0 Å². The highest BCUT2D eigenvalue weighted by Crippen LogP contribution is 2.40. The first-order valence-electron chi connectivity index (χ1n) is 26.5. The highest BCUT2D eigenvalue weighted by Gasteiger charge is 2.28. The average molecular weight is 1020 g/mol. The Balaban J connectivity index is 1.35. The van der Waals surface area contributed by atoms with Gasteiger partial charge in [0.1, 0.15) is 11.7 Å². The summed E-state index contributed by atoms with van der Waals surface area (Å²) in [6.45, 7) is 25.9. The smallest absolute Gasteiger partial charge is 0.197 e. The van der Waals surface area contributed by atoms with Crippen LogP contribution in [0.4, 0.5) is 0 Å². The van der Waals surface area contributed by atoms with Gasteiger partial charge in [-0.2, -0.15) is 0 Å². The molecule has 0 spiro atoms. The van der Waals surface area contributed by atoms with Crippen LogP contribution in [0.3, 0.4) is 0 Å². The summed E-state index contributed by atoms with van der Waals surface area (Å²) in [7, 11) is 5.67. The maximum atomic E-state index is 15.6. The van der Waals surface area contributed by atoms with Crippen LogP contribution in [0.25, 0.3) is 65.6 Å². The Morgan fingerprint density at radius 2 is 0.870 bits per heavy atom. The zero-order chi connectivity index (χ0) is 55.4. The van der Waals surface area contributed by atoms with E-state index in [2.05, 4.69) is 146 Å². The quantitative estimate of drug-likeness (QED) is 0.0686. The van der Waals surface area contributed by atoms with Crippen LogP contribution in [-0.2, 0) is 21.7 Å². The van der Waals surface area contributed by atoms with E-state index in [1.807, 2.05) is 111 Å². The molecule has 0 unspecified atom stereocenters. The number of nitrogens with one attached hydrogen (secondary N) is 3. The Kier molecular flexibility index (Phi) is 12.5. The second kappa shape index (κ2) is 18.5. The van der Waals surface area contributed by atoms with Gasteiger partial charge in [0.2, 0.25) is 0 Å². The largest absolute Gasteiger partial charge is 0.373 e. The molecule has 10 heteroatoms. The van der Waals surface area contributed by atoms with Crippen molar-refractivity contribution in [1.82, 2.24) is 19.2 Å². The Morgan fingerprint density at radius 1 is 0.468 bits per heavy atom. The molecule has 10 aromatic rings. The molecule has 77 heavy (non-hydrogen) atoms. The number of hydrogen-bond donors (Lipinski definition) is 3. The summed E-state index contributed by atoms with van der Waals surface area (Å²) in [6, 6.07) is 44.4. The minimum atomic E-state index is -0.244. The molecule has 3 aromatic heterocycles. The number of fused-ring (bicyclic) bond motifs is 7. The third-order valence-corrected chi connectivity index (χ3v) is 15.2. The first-order chi connectivity index (χ1) is 36.2. The van der Waals surface area contributed by atoms with E-state index in [1.54, 1.807) is 0 Å². The zero-order valence-electron chi connectivity index (χ0n) is 47.3. The summed E-state index contributed by atoms with van der Waals surface area (Å²) in [4.78, 5) is 43.2. The van der Waals surface area contributed by atoms with Crippen LogP contribution in [0.2, 0.25) is 0 Å². The number of aromatic nitrogens is 2. The number of para-hydroxylation sites is 2. The highest BCUT2D eigenvalue weighted by molar-refractivity contribution is 6.24. The van der Waals surface area contributed by atoms with E-state index in [0.717, 1.165) is 60.7 Å². The lowest BCUT2D eigenvalue weighted by Crippen LogP contribution is -2.25. The van der Waals surface area contributed by atoms with Gasteiger partial charge in [0, 0.05) is 81.4 Å². The fourth-order valence-corrected chi connectivity index (χ4v) is 10.8. The van der Waals surface area contributed by atoms with E-state index in [-0.39, 0.29) is 44.2 Å². The summed E-state index contributed by atoms with van der Waals surface area (Å²) in [6.07, 6.45) is 0. The fraction of sp³-hybridized carbons (Fsp3) is 0.284. The molecule has 3 heterocycles. The minimum Gasteiger partial charge on any atom is -0.373 e. The second-order valence-electron chi connectivity index (χ2n) is 25.0. The molecule has 0 aliphatic heterocycles. The molecule has 10 rings (SSSR count). The molecule has 0 fully saturated rings. The van der Waals surface area contributed by atoms with E-state index < -0.39 is 0 Å². The predicted molar refractivity (Wildman–Crippen MR) is 325 cm³/mol. The van der Waals surface area contributed by atoms with E-state index in [0.29, 0.717) is 61.1 Å². The van der Waals surface area contributed by atoms with E-state index in [1.165, 1.54) is 0 Å². The van der Waals surface area contributed by atoms with Crippen LogP contribution in [-0.4, -0.2) is 58.4 Å². The van der Waals surface area contributed by atoms with Crippen molar-refractivity contribution < 1.29 is 0 Å². The van der Waals surface area contributed by atoms with Crippen molar-refractivity contribution in [1.29, 1.82) is 10.8 Å². The topological polar surface area (TPSA) is 131 Å². The molecule has 3 N–H and O–H groups in total. The van der Waals surface area contributed by atoms with Gasteiger partial charge >= 0.3 is 0 Å². The Labute approximate surface area is 451 Å². The number of hydrogen-bond acceptors (Lipinski definition) is 4. The van der Waals surface area contributed by atoms with Crippen LogP contribution < -0.4 is 16.2 Å². The normalized spacial score (nSPS) is 13.2. The predicted octanol–water partition coefficient (Wildman–Crippen LogP) is 14.2. The van der Waals surface area contributed by atoms with Crippen LogP contribution in [0, 0.1) is 10.8 Å². The van der Waals surface area contributed by atoms with Crippen molar-refractivity contribution in [2.45, 2.75) is 105 Å². The number of nitrogens with zero attached hydrogens (tertiary/aromatic N) is 5. The van der Waals surface area contributed by atoms with Crippen molar-refractivity contribution in [3.05, 3.63) is 198 Å². The van der Waals surface area contributed by atoms with Gasteiger partial charge in [-0.05, 0) is 92.4 Å². The summed E-state index contributed by atoms with van der Waals surface area (Å²) >= 11 is 0. The molecular weight excluding hydrogens is 949 g/mol. The van der Waals surface area contributed by atoms with Gasteiger partial charge in [0.25, 0.3) is 0 Å². The van der Waals surface area contributed by atoms with E-state index >= 15 is 9.59 Å². The van der Waals surface area contributed by atoms with Crippen LogP contribution in [0.5, 0.6) is 0 Å². The van der Waals surface area contributed by atoms with Gasteiger partial charge in [-0.25, -0.2) is 9.98 Å². The van der Waals surface area contributed by atoms with E-state index in [9.17, 15) is 10.8 Å². The van der Waals surface area contributed by atoms with Crippen molar-refractivity contribution in [3.8, 4) is 5.69 Å². The lowest BCUT2D eigenvalue weighted by Gasteiger charge is -2.23. The molecule has 0 aliphatic carbocycles. The molecule has 0 bridgehead atoms. The van der Waals surface area contributed by atoms with Gasteiger partial charge in [-0.3, -0.25) is 20.4 Å². The molecule has 0 radical (unpaired) electrons. The Bertz CT molecular complexity index is 4140. The van der Waals surface area contributed by atoms with Crippen LogP contribution in [0.1, 0.15) is 128 Å². The van der Waals surface area contributed by atoms with Crippen molar-refractivity contribution in [2.75, 3.05) is 21.1 Å². The molecule has 0 saturated heterocycles. The minimum absolute atomic E-state index is 0.0582. The second-order valence-corrected chi connectivity index (χ2v) is 25.0.